The summed E-state index contributed by atoms with van der Waals surface area (Å²) in [7, 11) is 0. The van der Waals surface area contributed by atoms with Crippen molar-refractivity contribution in [2.75, 3.05) is 10.6 Å². The second kappa shape index (κ2) is 7.23. The third-order valence-electron chi connectivity index (χ3n) is 3.15. The predicted octanol–water partition coefficient (Wildman–Crippen LogP) is 5.10. The predicted molar refractivity (Wildman–Crippen MR) is 98.0 cm³/mol. The van der Waals surface area contributed by atoms with E-state index in [1.165, 1.54) is 23.5 Å². The molecule has 0 fully saturated rings. The molecular formula is C18H21FN2O3S. The fraction of sp³-hybridized carbons (Fsp3) is 0.333. The molecule has 1 heterocycles. The van der Waals surface area contributed by atoms with Crippen LogP contribution in [-0.4, -0.2) is 17.6 Å². The fourth-order valence-electron chi connectivity index (χ4n) is 2.19. The van der Waals surface area contributed by atoms with Crippen LogP contribution in [0.1, 0.15) is 40.9 Å². The van der Waals surface area contributed by atoms with E-state index in [0.717, 1.165) is 15.8 Å². The molecule has 25 heavy (non-hydrogen) atoms. The molecule has 1 aromatic carbocycles. The summed E-state index contributed by atoms with van der Waals surface area (Å²) in [6, 6.07) is 5.50. The van der Waals surface area contributed by atoms with Crippen LogP contribution in [0.5, 0.6) is 0 Å². The summed E-state index contributed by atoms with van der Waals surface area (Å²) in [6.07, 6.45) is -0.683. The Hall–Kier alpha value is -2.41. The highest BCUT2D eigenvalue weighted by Gasteiger charge is 2.19. The molecule has 2 N–H and O–H groups in total. The first kappa shape index (κ1) is 18.9. The maximum absolute atomic E-state index is 13.6. The highest BCUT2D eigenvalue weighted by atomic mass is 32.1. The second-order valence-electron chi connectivity index (χ2n) is 6.60. The molecule has 0 atom stereocenters. The Morgan fingerprint density at radius 2 is 1.76 bits per heavy atom. The maximum Gasteiger partial charge on any atom is 0.412 e. The maximum atomic E-state index is 13.6. The Kier molecular flexibility index (Phi) is 5.47. The number of amides is 2. The van der Waals surface area contributed by atoms with E-state index in [4.69, 9.17) is 4.74 Å². The molecular weight excluding hydrogens is 343 g/mol. The third-order valence-corrected chi connectivity index (χ3v) is 4.12. The van der Waals surface area contributed by atoms with Gasteiger partial charge in [0.05, 0.1) is 16.9 Å². The van der Waals surface area contributed by atoms with Crippen molar-refractivity contribution in [3.8, 4) is 0 Å². The molecule has 0 bridgehead atoms. The van der Waals surface area contributed by atoms with Gasteiger partial charge in [-0.25, -0.2) is 9.18 Å². The van der Waals surface area contributed by atoms with Gasteiger partial charge in [-0.1, -0.05) is 0 Å². The summed E-state index contributed by atoms with van der Waals surface area (Å²) in [5.74, 6) is -0.886. The minimum Gasteiger partial charge on any atom is -0.444 e. The molecule has 1 aromatic heterocycles. The first-order chi connectivity index (χ1) is 11.5. The highest BCUT2D eigenvalue weighted by molar-refractivity contribution is 7.12. The number of benzene rings is 1. The van der Waals surface area contributed by atoms with Crippen molar-refractivity contribution in [1.29, 1.82) is 0 Å². The van der Waals surface area contributed by atoms with Crippen LogP contribution in [0.2, 0.25) is 0 Å². The number of thiophene rings is 1. The number of halogens is 1. The number of hydrogen-bond donors (Lipinski definition) is 2. The molecule has 0 aliphatic heterocycles. The molecule has 0 saturated carbocycles. The van der Waals surface area contributed by atoms with Crippen LogP contribution in [0.3, 0.4) is 0 Å². The quantitative estimate of drug-likeness (QED) is 0.796. The zero-order valence-corrected chi connectivity index (χ0v) is 15.6. The van der Waals surface area contributed by atoms with E-state index < -0.39 is 17.5 Å². The molecule has 0 aliphatic carbocycles. The zero-order chi connectivity index (χ0) is 18.8. The highest BCUT2D eigenvalue weighted by Crippen LogP contribution is 2.26. The van der Waals surface area contributed by atoms with Gasteiger partial charge in [-0.15, -0.1) is 11.3 Å². The molecule has 0 saturated heterocycles. The standard InChI is InChI=1S/C18H21FN2O3S/c1-10-8-13(11(2)25-10)16(22)20-15-9-12(19)6-7-14(15)21-17(23)24-18(3,4)5/h6-9H,1-5H3,(H,20,22)(H,21,23). The van der Waals surface area contributed by atoms with Crippen LogP contribution in [0.15, 0.2) is 24.3 Å². The van der Waals surface area contributed by atoms with Crippen molar-refractivity contribution < 1.29 is 18.7 Å². The topological polar surface area (TPSA) is 67.4 Å². The summed E-state index contributed by atoms with van der Waals surface area (Å²) >= 11 is 1.51. The van der Waals surface area contributed by atoms with E-state index in [1.807, 2.05) is 13.8 Å². The largest absolute Gasteiger partial charge is 0.444 e. The van der Waals surface area contributed by atoms with Crippen LogP contribution >= 0.6 is 11.3 Å². The van der Waals surface area contributed by atoms with Gasteiger partial charge >= 0.3 is 6.09 Å². The normalized spacial score (nSPS) is 11.1. The smallest absolute Gasteiger partial charge is 0.412 e. The van der Waals surface area contributed by atoms with Gasteiger partial charge in [-0.3, -0.25) is 10.1 Å². The minimum absolute atomic E-state index is 0.166. The van der Waals surface area contributed by atoms with Crippen LogP contribution in [-0.2, 0) is 4.74 Å². The Morgan fingerprint density at radius 3 is 2.32 bits per heavy atom. The van der Waals surface area contributed by atoms with E-state index in [2.05, 4.69) is 10.6 Å². The number of anilines is 2. The van der Waals surface area contributed by atoms with Crippen LogP contribution in [0.25, 0.3) is 0 Å². The van der Waals surface area contributed by atoms with Crippen molar-refractivity contribution in [2.24, 2.45) is 0 Å². The molecule has 0 radical (unpaired) electrons. The number of carbonyl (C=O) groups excluding carboxylic acids is 2. The summed E-state index contributed by atoms with van der Waals surface area (Å²) in [4.78, 5) is 26.3. The van der Waals surface area contributed by atoms with Crippen molar-refractivity contribution in [3.05, 3.63) is 45.4 Å². The number of aryl methyl sites for hydroxylation is 2. The Labute approximate surface area is 150 Å². The zero-order valence-electron chi connectivity index (χ0n) is 14.8. The van der Waals surface area contributed by atoms with E-state index in [0.29, 0.717) is 5.56 Å². The lowest BCUT2D eigenvalue weighted by Crippen LogP contribution is -2.27. The molecule has 7 heteroatoms. The molecule has 0 aliphatic rings. The molecule has 2 aromatic rings. The van der Waals surface area contributed by atoms with E-state index >= 15 is 0 Å². The first-order valence-corrected chi connectivity index (χ1v) is 8.55. The van der Waals surface area contributed by atoms with E-state index in [1.54, 1.807) is 26.8 Å². The van der Waals surface area contributed by atoms with Gasteiger partial charge in [-0.2, -0.15) is 0 Å². The molecule has 0 spiro atoms. The second-order valence-corrected chi connectivity index (χ2v) is 8.06. The van der Waals surface area contributed by atoms with Crippen molar-refractivity contribution in [2.45, 2.75) is 40.2 Å². The van der Waals surface area contributed by atoms with Crippen LogP contribution in [0, 0.1) is 19.7 Å². The molecule has 2 amide bonds. The Morgan fingerprint density at radius 1 is 1.08 bits per heavy atom. The van der Waals surface area contributed by atoms with Gasteiger partial charge in [0.2, 0.25) is 0 Å². The van der Waals surface area contributed by atoms with Gasteiger partial charge in [0, 0.05) is 9.75 Å². The van der Waals surface area contributed by atoms with Crippen molar-refractivity contribution >= 4 is 34.7 Å². The molecule has 134 valence electrons. The van der Waals surface area contributed by atoms with Gasteiger partial charge in [0.1, 0.15) is 11.4 Å². The number of ether oxygens (including phenoxy) is 1. The Bertz CT molecular complexity index is 809. The molecule has 0 unspecified atom stereocenters. The summed E-state index contributed by atoms with van der Waals surface area (Å²) in [6.45, 7) is 8.97. The van der Waals surface area contributed by atoms with Crippen LogP contribution < -0.4 is 10.6 Å². The lowest BCUT2D eigenvalue weighted by atomic mass is 10.2. The minimum atomic E-state index is -0.683. The lowest BCUT2D eigenvalue weighted by molar-refractivity contribution is 0.0635. The van der Waals surface area contributed by atoms with Crippen molar-refractivity contribution in [3.63, 3.8) is 0 Å². The summed E-state index contributed by atoms with van der Waals surface area (Å²) in [5.41, 5.74) is 0.279. The summed E-state index contributed by atoms with van der Waals surface area (Å²) in [5, 5.41) is 5.18. The molecule has 2 rings (SSSR count). The van der Waals surface area contributed by atoms with Crippen molar-refractivity contribution in [1.82, 2.24) is 0 Å². The van der Waals surface area contributed by atoms with Gasteiger partial charge in [0.25, 0.3) is 5.91 Å². The molecule has 5 nitrogen and oxygen atoms in total. The third kappa shape index (κ3) is 5.29. The number of nitrogens with one attached hydrogen (secondary N) is 2. The van der Waals surface area contributed by atoms with E-state index in [-0.39, 0.29) is 17.3 Å². The first-order valence-electron chi connectivity index (χ1n) is 7.73. The average molecular weight is 364 g/mol. The summed E-state index contributed by atoms with van der Waals surface area (Å²) < 4.78 is 18.8. The van der Waals surface area contributed by atoms with Gasteiger partial charge in [0.15, 0.2) is 0 Å². The lowest BCUT2D eigenvalue weighted by Gasteiger charge is -2.20. The number of rotatable bonds is 3. The van der Waals surface area contributed by atoms with Gasteiger partial charge in [-0.05, 0) is 58.9 Å². The number of carbonyl (C=O) groups is 2. The fourth-order valence-corrected chi connectivity index (χ4v) is 3.11. The monoisotopic (exact) mass is 364 g/mol. The van der Waals surface area contributed by atoms with Gasteiger partial charge < -0.3 is 10.1 Å². The average Bonchev–Trinajstić information content (AvgIpc) is 2.78. The van der Waals surface area contributed by atoms with Crippen LogP contribution in [0.4, 0.5) is 20.6 Å². The Balaban J connectivity index is 2.22. The number of hydrogen-bond acceptors (Lipinski definition) is 4. The van der Waals surface area contributed by atoms with E-state index in [9.17, 15) is 14.0 Å². The SMILES string of the molecule is Cc1cc(C(=O)Nc2cc(F)ccc2NC(=O)OC(C)(C)C)c(C)s1.